The Hall–Kier alpha value is -2.82. The Labute approximate surface area is 116 Å². The van der Waals surface area contributed by atoms with Gasteiger partial charge < -0.3 is 5.32 Å². The molecular formula is C15H13N5. The van der Waals surface area contributed by atoms with Crippen LogP contribution < -0.4 is 5.32 Å². The van der Waals surface area contributed by atoms with Crippen molar-refractivity contribution < 1.29 is 0 Å². The predicted octanol–water partition coefficient (Wildman–Crippen LogP) is 2.99. The van der Waals surface area contributed by atoms with E-state index in [1.807, 2.05) is 37.3 Å². The first-order valence-corrected chi connectivity index (χ1v) is 6.23. The van der Waals surface area contributed by atoms with Gasteiger partial charge in [0, 0.05) is 29.7 Å². The number of anilines is 2. The number of nitrogens with zero attached hydrogens (tertiary/aromatic N) is 4. The van der Waals surface area contributed by atoms with Crippen LogP contribution in [0, 0.1) is 6.92 Å². The number of hydrogen-bond donors (Lipinski definition) is 1. The summed E-state index contributed by atoms with van der Waals surface area (Å²) in [7, 11) is 0. The highest BCUT2D eigenvalue weighted by atomic mass is 15.0. The topological polar surface area (TPSA) is 63.6 Å². The highest BCUT2D eigenvalue weighted by molar-refractivity contribution is 5.64. The SMILES string of the molecule is Cc1ccc(Nc2cc(-c3ccncc3)ncn2)cn1. The van der Waals surface area contributed by atoms with Crippen LogP contribution in [0.4, 0.5) is 11.5 Å². The maximum absolute atomic E-state index is 4.27. The monoisotopic (exact) mass is 263 g/mol. The zero-order chi connectivity index (χ0) is 13.8. The number of nitrogens with one attached hydrogen (secondary N) is 1. The first kappa shape index (κ1) is 12.2. The summed E-state index contributed by atoms with van der Waals surface area (Å²) >= 11 is 0. The van der Waals surface area contributed by atoms with Crippen molar-refractivity contribution in [2.24, 2.45) is 0 Å². The lowest BCUT2D eigenvalue weighted by atomic mass is 10.2. The molecule has 5 heteroatoms. The fourth-order valence-corrected chi connectivity index (χ4v) is 1.80. The molecule has 0 saturated carbocycles. The van der Waals surface area contributed by atoms with Crippen molar-refractivity contribution >= 4 is 11.5 Å². The van der Waals surface area contributed by atoms with Gasteiger partial charge in [0.1, 0.15) is 12.1 Å². The van der Waals surface area contributed by atoms with Gasteiger partial charge in [0.25, 0.3) is 0 Å². The summed E-state index contributed by atoms with van der Waals surface area (Å²) in [6.07, 6.45) is 6.81. The third kappa shape index (κ3) is 2.77. The second-order valence-corrected chi connectivity index (χ2v) is 4.34. The Kier molecular flexibility index (Phi) is 3.33. The maximum Gasteiger partial charge on any atom is 0.134 e. The van der Waals surface area contributed by atoms with Crippen LogP contribution in [0.2, 0.25) is 0 Å². The van der Waals surface area contributed by atoms with E-state index in [9.17, 15) is 0 Å². The number of aromatic nitrogens is 4. The number of pyridine rings is 2. The van der Waals surface area contributed by atoms with E-state index in [-0.39, 0.29) is 0 Å². The zero-order valence-corrected chi connectivity index (χ0v) is 11.0. The zero-order valence-electron chi connectivity index (χ0n) is 11.0. The van der Waals surface area contributed by atoms with Gasteiger partial charge in [0.15, 0.2) is 0 Å². The van der Waals surface area contributed by atoms with Gasteiger partial charge in [-0.1, -0.05) is 0 Å². The molecular weight excluding hydrogens is 250 g/mol. The van der Waals surface area contributed by atoms with Crippen molar-refractivity contribution in [1.29, 1.82) is 0 Å². The number of rotatable bonds is 3. The average molecular weight is 263 g/mol. The van der Waals surface area contributed by atoms with E-state index in [4.69, 9.17) is 0 Å². The Balaban J connectivity index is 1.86. The normalized spacial score (nSPS) is 10.2. The van der Waals surface area contributed by atoms with Crippen LogP contribution in [0.1, 0.15) is 5.69 Å². The van der Waals surface area contributed by atoms with Crippen molar-refractivity contribution in [3.63, 3.8) is 0 Å². The summed E-state index contributed by atoms with van der Waals surface area (Å²) in [6, 6.07) is 9.65. The van der Waals surface area contributed by atoms with E-state index < -0.39 is 0 Å². The summed E-state index contributed by atoms with van der Waals surface area (Å²) in [5.41, 5.74) is 3.74. The summed E-state index contributed by atoms with van der Waals surface area (Å²) < 4.78 is 0. The molecule has 3 aromatic heterocycles. The Bertz CT molecular complexity index is 695. The third-order valence-corrected chi connectivity index (χ3v) is 2.83. The minimum atomic E-state index is 0.734. The molecule has 0 aliphatic carbocycles. The molecule has 0 saturated heterocycles. The van der Waals surface area contributed by atoms with Gasteiger partial charge in [-0.05, 0) is 31.2 Å². The van der Waals surface area contributed by atoms with E-state index in [2.05, 4.69) is 25.3 Å². The van der Waals surface area contributed by atoms with E-state index in [0.717, 1.165) is 28.5 Å². The second kappa shape index (κ2) is 5.44. The molecule has 0 bridgehead atoms. The molecule has 20 heavy (non-hydrogen) atoms. The Morgan fingerprint density at radius 1 is 0.950 bits per heavy atom. The molecule has 0 radical (unpaired) electrons. The van der Waals surface area contributed by atoms with Crippen LogP contribution in [0.15, 0.2) is 55.2 Å². The molecule has 3 aromatic rings. The van der Waals surface area contributed by atoms with Gasteiger partial charge in [-0.15, -0.1) is 0 Å². The maximum atomic E-state index is 4.27. The van der Waals surface area contributed by atoms with Crippen LogP contribution in [-0.2, 0) is 0 Å². The largest absolute Gasteiger partial charge is 0.339 e. The lowest BCUT2D eigenvalue weighted by molar-refractivity contribution is 1.16. The van der Waals surface area contributed by atoms with Crippen LogP contribution in [0.3, 0.4) is 0 Å². The van der Waals surface area contributed by atoms with Gasteiger partial charge in [-0.3, -0.25) is 9.97 Å². The van der Waals surface area contributed by atoms with Gasteiger partial charge in [0.2, 0.25) is 0 Å². The van der Waals surface area contributed by atoms with Crippen LogP contribution in [-0.4, -0.2) is 19.9 Å². The van der Waals surface area contributed by atoms with Gasteiger partial charge in [0.05, 0.1) is 17.6 Å². The lowest BCUT2D eigenvalue weighted by Gasteiger charge is -2.06. The average Bonchev–Trinajstić information content (AvgIpc) is 2.51. The van der Waals surface area contributed by atoms with Gasteiger partial charge in [-0.2, -0.15) is 0 Å². The second-order valence-electron chi connectivity index (χ2n) is 4.34. The summed E-state index contributed by atoms with van der Waals surface area (Å²) in [5, 5.41) is 3.21. The fourth-order valence-electron chi connectivity index (χ4n) is 1.80. The van der Waals surface area contributed by atoms with Crippen molar-refractivity contribution in [3.05, 3.63) is 60.9 Å². The molecule has 5 nitrogen and oxygen atoms in total. The predicted molar refractivity (Wildman–Crippen MR) is 77.5 cm³/mol. The summed E-state index contributed by atoms with van der Waals surface area (Å²) in [6.45, 7) is 1.95. The molecule has 0 aliphatic rings. The van der Waals surface area contributed by atoms with E-state index in [1.165, 1.54) is 0 Å². The van der Waals surface area contributed by atoms with E-state index in [0.29, 0.717) is 0 Å². The molecule has 1 N–H and O–H groups in total. The smallest absolute Gasteiger partial charge is 0.134 e. The van der Waals surface area contributed by atoms with Crippen LogP contribution >= 0.6 is 0 Å². The molecule has 0 unspecified atom stereocenters. The van der Waals surface area contributed by atoms with E-state index >= 15 is 0 Å². The highest BCUT2D eigenvalue weighted by Gasteiger charge is 2.02. The van der Waals surface area contributed by atoms with Crippen molar-refractivity contribution in [3.8, 4) is 11.3 Å². The quantitative estimate of drug-likeness (QED) is 0.787. The molecule has 0 fully saturated rings. The summed E-state index contributed by atoms with van der Waals surface area (Å²) in [5.74, 6) is 0.734. The van der Waals surface area contributed by atoms with Crippen molar-refractivity contribution in [2.45, 2.75) is 6.92 Å². The number of hydrogen-bond acceptors (Lipinski definition) is 5. The first-order chi connectivity index (χ1) is 9.81. The lowest BCUT2D eigenvalue weighted by Crippen LogP contribution is -1.96. The Morgan fingerprint density at radius 3 is 2.55 bits per heavy atom. The van der Waals surface area contributed by atoms with Crippen molar-refractivity contribution in [1.82, 2.24) is 19.9 Å². The molecule has 0 atom stereocenters. The summed E-state index contributed by atoms with van der Waals surface area (Å²) in [4.78, 5) is 16.7. The third-order valence-electron chi connectivity index (χ3n) is 2.83. The first-order valence-electron chi connectivity index (χ1n) is 6.23. The molecule has 0 amide bonds. The standard InChI is InChI=1S/C15H13N5/c1-11-2-3-13(9-17-11)20-15-8-14(18-10-19-15)12-4-6-16-7-5-12/h2-10H,1H3,(H,18,19,20). The minimum Gasteiger partial charge on any atom is -0.339 e. The van der Waals surface area contributed by atoms with Crippen LogP contribution in [0.5, 0.6) is 0 Å². The van der Waals surface area contributed by atoms with Gasteiger partial charge in [-0.25, -0.2) is 9.97 Å². The Morgan fingerprint density at radius 2 is 1.80 bits per heavy atom. The molecule has 0 spiro atoms. The minimum absolute atomic E-state index is 0.734. The van der Waals surface area contributed by atoms with Crippen LogP contribution in [0.25, 0.3) is 11.3 Å². The van der Waals surface area contributed by atoms with E-state index in [1.54, 1.807) is 24.9 Å². The highest BCUT2D eigenvalue weighted by Crippen LogP contribution is 2.19. The molecule has 0 aromatic carbocycles. The number of aryl methyl sites for hydroxylation is 1. The molecule has 3 rings (SSSR count). The fraction of sp³-hybridized carbons (Fsp3) is 0.0667. The molecule has 0 aliphatic heterocycles. The van der Waals surface area contributed by atoms with Crippen molar-refractivity contribution in [2.75, 3.05) is 5.32 Å². The molecule has 98 valence electrons. The molecule has 3 heterocycles. The van der Waals surface area contributed by atoms with Gasteiger partial charge >= 0.3 is 0 Å².